The van der Waals surface area contributed by atoms with E-state index in [4.69, 9.17) is 9.79 Å². The topological polar surface area (TPSA) is 121 Å². The zero-order valence-corrected chi connectivity index (χ0v) is 8.24. The van der Waals surface area contributed by atoms with E-state index in [1.807, 2.05) is 0 Å². The third kappa shape index (κ3) is 2.60. The van der Waals surface area contributed by atoms with Crippen LogP contribution in [-0.2, 0) is 4.57 Å². The SMILES string of the molecule is O=[N+]([O-])c1ccccc1[C@@H](O)P(=O)(O)O. The van der Waals surface area contributed by atoms with Gasteiger partial charge in [-0.1, -0.05) is 12.1 Å². The first-order valence-electron chi connectivity index (χ1n) is 3.80. The van der Waals surface area contributed by atoms with Gasteiger partial charge in [0.1, 0.15) is 0 Å². The maximum atomic E-state index is 10.7. The molecule has 1 atom stereocenters. The molecule has 0 aliphatic carbocycles. The minimum Gasteiger partial charge on any atom is -0.376 e. The molecule has 3 N–H and O–H groups in total. The van der Waals surface area contributed by atoms with Crippen LogP contribution in [-0.4, -0.2) is 19.8 Å². The Morgan fingerprint density at radius 1 is 1.33 bits per heavy atom. The summed E-state index contributed by atoms with van der Waals surface area (Å²) >= 11 is 0. The summed E-state index contributed by atoms with van der Waals surface area (Å²) in [5.74, 6) is -2.17. The monoisotopic (exact) mass is 233 g/mol. The highest BCUT2D eigenvalue weighted by atomic mass is 31.2. The van der Waals surface area contributed by atoms with Gasteiger partial charge >= 0.3 is 7.60 Å². The van der Waals surface area contributed by atoms with Crippen molar-refractivity contribution in [3.63, 3.8) is 0 Å². The molecule has 0 aromatic heterocycles. The average molecular weight is 233 g/mol. The summed E-state index contributed by atoms with van der Waals surface area (Å²) in [6.45, 7) is 0. The molecule has 0 radical (unpaired) electrons. The summed E-state index contributed by atoms with van der Waals surface area (Å²) in [6.07, 6.45) is 0. The van der Waals surface area contributed by atoms with Crippen molar-refractivity contribution >= 4 is 13.3 Å². The number of aliphatic hydroxyl groups excluding tert-OH is 1. The van der Waals surface area contributed by atoms with E-state index in [1.54, 1.807) is 0 Å². The van der Waals surface area contributed by atoms with Crippen LogP contribution < -0.4 is 0 Å². The number of rotatable bonds is 3. The van der Waals surface area contributed by atoms with E-state index >= 15 is 0 Å². The van der Waals surface area contributed by atoms with E-state index in [9.17, 15) is 19.8 Å². The zero-order chi connectivity index (χ0) is 11.6. The fourth-order valence-electron chi connectivity index (χ4n) is 1.05. The van der Waals surface area contributed by atoms with Crippen molar-refractivity contribution in [2.75, 3.05) is 0 Å². The summed E-state index contributed by atoms with van der Waals surface area (Å²) in [6, 6.07) is 4.85. The summed E-state index contributed by atoms with van der Waals surface area (Å²) in [4.78, 5) is 27.1. The number of hydrogen-bond donors (Lipinski definition) is 3. The summed E-state index contributed by atoms with van der Waals surface area (Å²) in [5.41, 5.74) is -0.913. The largest absolute Gasteiger partial charge is 0.376 e. The molecule has 0 saturated carbocycles. The Labute approximate surface area is 84.3 Å². The number of nitrogens with zero attached hydrogens (tertiary/aromatic N) is 1. The number of nitro benzene ring substituents is 1. The molecule has 0 fully saturated rings. The third-order valence-corrected chi connectivity index (χ3v) is 2.65. The van der Waals surface area contributed by atoms with Crippen LogP contribution in [0.1, 0.15) is 11.4 Å². The second-order valence-electron chi connectivity index (χ2n) is 2.78. The van der Waals surface area contributed by atoms with E-state index in [-0.39, 0.29) is 0 Å². The van der Waals surface area contributed by atoms with E-state index in [0.29, 0.717) is 0 Å². The van der Waals surface area contributed by atoms with Gasteiger partial charge in [-0.3, -0.25) is 14.7 Å². The first-order chi connectivity index (χ1) is 6.84. The predicted molar refractivity (Wildman–Crippen MR) is 50.1 cm³/mol. The number of hydrogen-bond acceptors (Lipinski definition) is 4. The molecule has 0 aliphatic rings. The van der Waals surface area contributed by atoms with Crippen molar-refractivity contribution in [2.45, 2.75) is 5.85 Å². The highest BCUT2D eigenvalue weighted by Gasteiger charge is 2.33. The molecule has 1 rings (SSSR count). The van der Waals surface area contributed by atoms with Crippen LogP contribution in [0.2, 0.25) is 0 Å². The lowest BCUT2D eigenvalue weighted by atomic mass is 10.2. The van der Waals surface area contributed by atoms with Gasteiger partial charge in [-0.25, -0.2) is 0 Å². The quantitative estimate of drug-likeness (QED) is 0.402. The molecular weight excluding hydrogens is 225 g/mol. The first-order valence-corrected chi connectivity index (χ1v) is 5.49. The maximum Gasteiger partial charge on any atom is 0.358 e. The molecule has 1 aromatic carbocycles. The molecule has 8 heteroatoms. The second kappa shape index (κ2) is 4.08. The van der Waals surface area contributed by atoms with Crippen LogP contribution in [0, 0.1) is 10.1 Å². The van der Waals surface area contributed by atoms with Crippen LogP contribution in [0.5, 0.6) is 0 Å². The Hall–Kier alpha value is -1.27. The second-order valence-corrected chi connectivity index (χ2v) is 4.45. The standard InChI is InChI=1S/C7H8NO6P/c9-7(15(12,13)14)5-3-1-2-4-6(5)8(10)11/h1-4,7,9H,(H2,12,13,14)/t7-/m0/s1. The van der Waals surface area contributed by atoms with E-state index in [2.05, 4.69) is 0 Å². The lowest BCUT2D eigenvalue weighted by Gasteiger charge is -2.12. The number of benzene rings is 1. The fourth-order valence-corrected chi connectivity index (χ4v) is 1.63. The van der Waals surface area contributed by atoms with Crippen molar-refractivity contribution in [3.05, 3.63) is 39.9 Å². The van der Waals surface area contributed by atoms with Gasteiger partial charge in [0.2, 0.25) is 0 Å². The first kappa shape index (κ1) is 11.8. The number of nitro groups is 1. The van der Waals surface area contributed by atoms with E-state index in [1.165, 1.54) is 12.1 Å². The van der Waals surface area contributed by atoms with Gasteiger partial charge in [0.15, 0.2) is 5.85 Å². The summed E-state index contributed by atoms with van der Waals surface area (Å²) in [7, 11) is -4.79. The molecule has 0 saturated heterocycles. The van der Waals surface area contributed by atoms with Gasteiger partial charge in [-0.15, -0.1) is 0 Å². The van der Waals surface area contributed by atoms with Crippen LogP contribution in [0.3, 0.4) is 0 Å². The van der Waals surface area contributed by atoms with Crippen LogP contribution in [0.15, 0.2) is 24.3 Å². The van der Waals surface area contributed by atoms with E-state index < -0.39 is 29.6 Å². The lowest BCUT2D eigenvalue weighted by molar-refractivity contribution is -0.386. The van der Waals surface area contributed by atoms with Crippen LogP contribution in [0.25, 0.3) is 0 Å². The van der Waals surface area contributed by atoms with Crippen LogP contribution in [0.4, 0.5) is 5.69 Å². The zero-order valence-electron chi connectivity index (χ0n) is 7.35. The smallest absolute Gasteiger partial charge is 0.358 e. The minimum absolute atomic E-state index is 0.393. The van der Waals surface area contributed by atoms with Gasteiger partial charge in [-0.05, 0) is 6.07 Å². The Bertz CT molecular complexity index is 427. The highest BCUT2D eigenvalue weighted by molar-refractivity contribution is 7.51. The molecule has 0 amide bonds. The molecule has 1 aromatic rings. The van der Waals surface area contributed by atoms with Crippen molar-refractivity contribution in [1.29, 1.82) is 0 Å². The Kier molecular flexibility index (Phi) is 3.21. The number of para-hydroxylation sites is 1. The van der Waals surface area contributed by atoms with Gasteiger partial charge < -0.3 is 14.9 Å². The Balaban J connectivity index is 3.26. The molecule has 0 aliphatic heterocycles. The van der Waals surface area contributed by atoms with Gasteiger partial charge in [0.05, 0.1) is 10.5 Å². The van der Waals surface area contributed by atoms with Crippen molar-refractivity contribution in [3.8, 4) is 0 Å². The molecule has 82 valence electrons. The summed E-state index contributed by atoms with van der Waals surface area (Å²) < 4.78 is 10.7. The molecule has 0 spiro atoms. The summed E-state index contributed by atoms with van der Waals surface area (Å²) in [5, 5.41) is 19.7. The normalized spacial score (nSPS) is 13.5. The number of aliphatic hydroxyl groups is 1. The molecular formula is C7H8NO6P. The predicted octanol–water partition coefficient (Wildman–Crippen LogP) is 0.763. The molecule has 7 nitrogen and oxygen atoms in total. The van der Waals surface area contributed by atoms with Gasteiger partial charge in [0, 0.05) is 6.07 Å². The van der Waals surface area contributed by atoms with E-state index in [0.717, 1.165) is 12.1 Å². The van der Waals surface area contributed by atoms with Gasteiger partial charge in [0.25, 0.3) is 5.69 Å². The minimum atomic E-state index is -4.79. The maximum absolute atomic E-state index is 10.7. The van der Waals surface area contributed by atoms with Crippen molar-refractivity contribution in [2.24, 2.45) is 0 Å². The van der Waals surface area contributed by atoms with Gasteiger partial charge in [-0.2, -0.15) is 0 Å². The highest BCUT2D eigenvalue weighted by Crippen LogP contribution is 2.51. The third-order valence-electron chi connectivity index (χ3n) is 1.73. The lowest BCUT2D eigenvalue weighted by Crippen LogP contribution is -2.02. The molecule has 15 heavy (non-hydrogen) atoms. The Morgan fingerprint density at radius 2 is 1.87 bits per heavy atom. The fraction of sp³-hybridized carbons (Fsp3) is 0.143. The molecule has 0 unspecified atom stereocenters. The molecule has 0 heterocycles. The van der Waals surface area contributed by atoms with Crippen molar-refractivity contribution in [1.82, 2.24) is 0 Å². The van der Waals surface area contributed by atoms with Crippen molar-refractivity contribution < 1.29 is 24.4 Å². The van der Waals surface area contributed by atoms with Crippen LogP contribution >= 0.6 is 7.60 Å². The Morgan fingerprint density at radius 3 is 2.33 bits per heavy atom. The molecule has 0 bridgehead atoms. The average Bonchev–Trinajstić information content (AvgIpc) is 2.15.